The van der Waals surface area contributed by atoms with Gasteiger partial charge >= 0.3 is 0 Å². The minimum Gasteiger partial charge on any atom is -0.330 e. The maximum absolute atomic E-state index is 6.43. The van der Waals surface area contributed by atoms with Gasteiger partial charge in [-0.2, -0.15) is 0 Å². The molecule has 0 aromatic rings. The predicted octanol–water partition coefficient (Wildman–Crippen LogP) is 12.0. The summed E-state index contributed by atoms with van der Waals surface area (Å²) in [4.78, 5) is 0. The van der Waals surface area contributed by atoms with Crippen molar-refractivity contribution in [2.75, 3.05) is 13.2 Å². The summed E-state index contributed by atoms with van der Waals surface area (Å²) in [6.07, 6.45) is 3.87. The first kappa shape index (κ1) is 46.4. The fourth-order valence-corrected chi connectivity index (χ4v) is 19.6. The van der Waals surface area contributed by atoms with E-state index >= 15 is 0 Å². The molecule has 0 aliphatic rings. The van der Waals surface area contributed by atoms with E-state index in [1.807, 2.05) is 0 Å². The third-order valence-electron chi connectivity index (χ3n) is 5.94. The second-order valence-electron chi connectivity index (χ2n) is 13.8. The van der Waals surface area contributed by atoms with E-state index in [0.29, 0.717) is 36.9 Å². The zero-order valence-corrected chi connectivity index (χ0v) is 36.8. The lowest BCUT2D eigenvalue weighted by Gasteiger charge is -2.31. The first-order valence-electron chi connectivity index (χ1n) is 16.2. The molecule has 6 atom stereocenters. The van der Waals surface area contributed by atoms with Crippen LogP contribution in [-0.4, -0.2) is 48.1 Å². The molecule has 14 heteroatoms. The molecule has 6 nitrogen and oxygen atoms in total. The van der Waals surface area contributed by atoms with Crippen molar-refractivity contribution in [3.63, 3.8) is 0 Å². The Morgan fingerprint density at radius 3 is 0.909 bits per heavy atom. The van der Waals surface area contributed by atoms with Gasteiger partial charge in [0.1, 0.15) is 0 Å². The Labute approximate surface area is 296 Å². The maximum Gasteiger partial charge on any atom is 0.248 e. The van der Waals surface area contributed by atoms with E-state index in [9.17, 15) is 0 Å². The third-order valence-corrected chi connectivity index (χ3v) is 18.8. The van der Waals surface area contributed by atoms with E-state index in [1.165, 1.54) is 0 Å². The van der Waals surface area contributed by atoms with Gasteiger partial charge in [0, 0.05) is 10.5 Å². The quantitative estimate of drug-likeness (QED) is 0.0790. The Morgan fingerprint density at radius 2 is 0.705 bits per heavy atom. The molecular formula is C30H65O6P3S5. The lowest BCUT2D eigenvalue weighted by atomic mass is 10.1. The van der Waals surface area contributed by atoms with Crippen LogP contribution in [0.1, 0.15) is 123 Å². The average Bonchev–Trinajstić information content (AvgIpc) is 2.77. The molecule has 0 spiro atoms. The van der Waals surface area contributed by atoms with Crippen LogP contribution < -0.4 is 0 Å². The molecule has 0 fully saturated rings. The van der Waals surface area contributed by atoms with E-state index in [-0.39, 0.29) is 34.9 Å². The second kappa shape index (κ2) is 23.7. The van der Waals surface area contributed by atoms with Crippen molar-refractivity contribution in [3.8, 4) is 0 Å². The first-order chi connectivity index (χ1) is 20.1. The lowest BCUT2D eigenvalue weighted by Crippen LogP contribution is -2.16. The predicted molar refractivity (Wildman–Crippen MR) is 210 cm³/mol. The van der Waals surface area contributed by atoms with Gasteiger partial charge in [0.25, 0.3) is 0 Å². The van der Waals surface area contributed by atoms with Crippen molar-refractivity contribution in [3.05, 3.63) is 0 Å². The van der Waals surface area contributed by atoms with Gasteiger partial charge in [0.15, 0.2) is 7.15 Å². The smallest absolute Gasteiger partial charge is 0.248 e. The summed E-state index contributed by atoms with van der Waals surface area (Å²) in [6, 6.07) is 0. The van der Waals surface area contributed by atoms with Crippen LogP contribution in [-0.2, 0) is 62.6 Å². The third kappa shape index (κ3) is 24.5. The molecule has 266 valence electrons. The van der Waals surface area contributed by atoms with Crippen LogP contribution in [0.2, 0.25) is 0 Å². The van der Waals surface area contributed by atoms with E-state index in [0.717, 1.165) is 25.7 Å². The zero-order chi connectivity index (χ0) is 34.3. The fraction of sp³-hybridized carbons (Fsp3) is 1.00. The Balaban J connectivity index is 5.14. The lowest BCUT2D eigenvalue weighted by molar-refractivity contribution is 0.143. The van der Waals surface area contributed by atoms with Crippen molar-refractivity contribution < 1.29 is 27.1 Å². The van der Waals surface area contributed by atoms with Crippen molar-refractivity contribution in [1.29, 1.82) is 0 Å². The molecule has 6 unspecified atom stereocenters. The fourth-order valence-electron chi connectivity index (χ4n) is 4.77. The van der Waals surface area contributed by atoms with Gasteiger partial charge in [0.05, 0.1) is 37.6 Å². The van der Waals surface area contributed by atoms with Crippen LogP contribution in [0.15, 0.2) is 0 Å². The van der Waals surface area contributed by atoms with Crippen LogP contribution in [0.3, 0.4) is 0 Å². The van der Waals surface area contributed by atoms with Crippen LogP contribution in [0.25, 0.3) is 0 Å². The van der Waals surface area contributed by atoms with Crippen LogP contribution in [0.4, 0.5) is 0 Å². The first-order valence-corrected chi connectivity index (χ1v) is 26.9. The largest absolute Gasteiger partial charge is 0.330 e. The molecule has 0 rings (SSSR count). The van der Waals surface area contributed by atoms with Gasteiger partial charge < -0.3 is 27.1 Å². The van der Waals surface area contributed by atoms with Gasteiger partial charge in [0.2, 0.25) is 11.4 Å². The Bertz CT molecular complexity index is 783. The van der Waals surface area contributed by atoms with Crippen LogP contribution in [0, 0.1) is 23.7 Å². The van der Waals surface area contributed by atoms with Crippen LogP contribution >= 0.6 is 41.3 Å². The van der Waals surface area contributed by atoms with Gasteiger partial charge in [-0.3, -0.25) is 0 Å². The van der Waals surface area contributed by atoms with E-state index < -0.39 is 18.5 Å². The van der Waals surface area contributed by atoms with Gasteiger partial charge in [-0.05, 0) is 112 Å². The summed E-state index contributed by atoms with van der Waals surface area (Å²) in [7, 11) is -1.89. The molecule has 0 aromatic carbocycles. The van der Waals surface area contributed by atoms with Gasteiger partial charge in [-0.15, -0.1) is 0 Å². The highest BCUT2D eigenvalue weighted by Gasteiger charge is 2.31. The summed E-state index contributed by atoms with van der Waals surface area (Å²) in [6.45, 7) is 30.9. The standard InChI is InChI=1S/C30H65O6P3S5/c1-21(2)15-25(9)33-38(41,34-26(10)16-22(3)4)43-29(13)19-31-37(40)32-20-30(14)44-39(42,35-27(11)17-23(5)6)36-28(12)18-24(7)8/h21-30,37H,15-20H2,1-14H3. The molecular weight excluding hydrogens is 710 g/mol. The summed E-state index contributed by atoms with van der Waals surface area (Å²) >= 11 is 20.9. The topological polar surface area (TPSA) is 55.4 Å². The Hall–Kier alpha value is 2.41. The zero-order valence-electron chi connectivity index (χ0n) is 29.9. The summed E-state index contributed by atoms with van der Waals surface area (Å²) in [5.74, 6) is 2.09. The molecule has 0 heterocycles. The SMILES string of the molecule is CC(C)CC(C)OP(=S)(OC(C)CC(C)C)SC(C)CO[PH](=S)OCC(C)SP(=S)(OC(C)CC(C)C)OC(C)CC(C)C. The summed E-state index contributed by atoms with van der Waals surface area (Å²) in [5.41, 5.74) is -5.18. The molecule has 44 heavy (non-hydrogen) atoms. The number of hydrogen-bond acceptors (Lipinski definition) is 11. The van der Waals surface area contributed by atoms with Gasteiger partial charge in [-0.25, -0.2) is 0 Å². The monoisotopic (exact) mass is 774 g/mol. The highest BCUT2D eigenvalue weighted by molar-refractivity contribution is 8.68. The number of rotatable bonds is 26. The highest BCUT2D eigenvalue weighted by Crippen LogP contribution is 2.66. The van der Waals surface area contributed by atoms with Crippen molar-refractivity contribution in [2.45, 2.75) is 158 Å². The number of hydrogen-bond donors (Lipinski definition) is 0. The molecule has 0 radical (unpaired) electrons. The maximum atomic E-state index is 6.43. The minimum atomic E-state index is -2.59. The molecule has 0 saturated heterocycles. The second-order valence-corrected chi connectivity index (χ2v) is 28.9. The minimum absolute atomic E-state index is 0.0302. The molecule has 0 aromatic heterocycles. The van der Waals surface area contributed by atoms with E-state index in [4.69, 9.17) is 62.6 Å². The normalized spacial score (nSPS) is 20.3. The Kier molecular flexibility index (Phi) is 25.0. The summed E-state index contributed by atoms with van der Waals surface area (Å²) < 4.78 is 37.8. The molecule has 0 N–H and O–H groups in total. The van der Waals surface area contributed by atoms with Crippen molar-refractivity contribution in [1.82, 2.24) is 0 Å². The van der Waals surface area contributed by atoms with E-state index in [2.05, 4.69) is 96.9 Å². The molecule has 0 aliphatic carbocycles. The molecule has 0 amide bonds. The summed E-state index contributed by atoms with van der Waals surface area (Å²) in [5, 5.41) is 0.101. The van der Waals surface area contributed by atoms with Gasteiger partial charge in [-0.1, -0.05) is 92.0 Å². The Morgan fingerprint density at radius 1 is 0.477 bits per heavy atom. The van der Waals surface area contributed by atoms with Crippen molar-refractivity contribution >= 4 is 76.7 Å². The molecule has 0 saturated carbocycles. The van der Waals surface area contributed by atoms with E-state index in [1.54, 1.807) is 22.8 Å². The van der Waals surface area contributed by atoms with Crippen LogP contribution in [0.5, 0.6) is 0 Å². The van der Waals surface area contributed by atoms with Crippen molar-refractivity contribution in [2.24, 2.45) is 23.7 Å². The highest BCUT2D eigenvalue weighted by atomic mass is 32.9. The molecule has 0 aliphatic heterocycles. The average molecular weight is 775 g/mol. The molecule has 0 bridgehead atoms.